The van der Waals surface area contributed by atoms with Crippen LogP contribution < -0.4 is 5.32 Å². The van der Waals surface area contributed by atoms with Crippen molar-refractivity contribution in [3.63, 3.8) is 0 Å². The predicted octanol–water partition coefficient (Wildman–Crippen LogP) is 3.24. The zero-order valence-corrected chi connectivity index (χ0v) is 19.1. The lowest BCUT2D eigenvalue weighted by Gasteiger charge is -2.40. The Hall–Kier alpha value is -1.91. The number of aliphatic hydroxyl groups is 1. The Labute approximate surface area is 190 Å². The number of rotatable bonds is 6. The highest BCUT2D eigenvalue weighted by Gasteiger charge is 2.48. The van der Waals surface area contributed by atoms with Gasteiger partial charge >= 0.3 is 0 Å². The molecule has 0 radical (unpaired) electrons. The van der Waals surface area contributed by atoms with Crippen LogP contribution in [0.25, 0.3) is 10.9 Å². The number of fused-ring (bicyclic) bond motifs is 1. The smallest absolute Gasteiger partial charge is 0.280 e. The van der Waals surface area contributed by atoms with Gasteiger partial charge in [-0.2, -0.15) is 5.10 Å². The Morgan fingerprint density at radius 1 is 1.28 bits per heavy atom. The van der Waals surface area contributed by atoms with Crippen LogP contribution in [0, 0.1) is 5.92 Å². The molecule has 11 heteroatoms. The van der Waals surface area contributed by atoms with Gasteiger partial charge in [-0.1, -0.05) is 18.2 Å². The van der Waals surface area contributed by atoms with E-state index in [9.17, 15) is 13.5 Å². The van der Waals surface area contributed by atoms with Crippen LogP contribution in [0.4, 0.5) is 8.78 Å². The maximum atomic E-state index is 15.3. The molecule has 0 spiro atoms. The molecule has 2 aromatic rings. The van der Waals surface area contributed by atoms with Gasteiger partial charge in [0.1, 0.15) is 15.9 Å². The number of likely N-dealkylation sites (tertiary alicyclic amines) is 1. The fraction of sp³-hybridized carbons (Fsp3) is 0.571. The monoisotopic (exact) mass is 488 g/mol. The number of halogens is 3. The van der Waals surface area contributed by atoms with Crippen LogP contribution in [0.3, 0.4) is 0 Å². The first-order valence-electron chi connectivity index (χ1n) is 10.7. The van der Waals surface area contributed by atoms with E-state index in [1.54, 1.807) is 6.07 Å². The number of nitrogens with one attached hydrogen (secondary N) is 2. The van der Waals surface area contributed by atoms with Crippen molar-refractivity contribution >= 4 is 32.3 Å². The maximum absolute atomic E-state index is 15.3. The van der Waals surface area contributed by atoms with Gasteiger partial charge in [-0.3, -0.25) is 5.10 Å². The average Bonchev–Trinajstić information content (AvgIpc) is 3.22. The third kappa shape index (κ3) is 4.72. The Bertz CT molecular complexity index is 1090. The summed E-state index contributed by atoms with van der Waals surface area (Å²) in [5.41, 5.74) is 0.391. The average molecular weight is 489 g/mol. The molecule has 0 aliphatic carbocycles. The summed E-state index contributed by atoms with van der Waals surface area (Å²) in [6.45, 7) is 4.77. The zero-order valence-electron chi connectivity index (χ0n) is 17.5. The van der Waals surface area contributed by atoms with Crippen LogP contribution in [0.1, 0.15) is 37.4 Å². The number of sulfone groups is 1. The first-order chi connectivity index (χ1) is 15.1. The number of benzene rings is 1. The lowest BCUT2D eigenvalue weighted by molar-refractivity contribution is -0.159. The van der Waals surface area contributed by atoms with Crippen molar-refractivity contribution in [2.75, 3.05) is 24.6 Å². The number of hydrogen-bond acceptors (Lipinski definition) is 6. The summed E-state index contributed by atoms with van der Waals surface area (Å²) in [4.78, 5) is 1.91. The van der Waals surface area contributed by atoms with E-state index in [2.05, 4.69) is 22.1 Å². The van der Waals surface area contributed by atoms with Gasteiger partial charge in [0.15, 0.2) is 0 Å². The highest BCUT2D eigenvalue weighted by molar-refractivity contribution is 7.91. The van der Waals surface area contributed by atoms with Crippen molar-refractivity contribution in [1.29, 1.82) is 0 Å². The molecular weight excluding hydrogens is 462 g/mol. The predicted molar refractivity (Wildman–Crippen MR) is 119 cm³/mol. The second-order valence-corrected chi connectivity index (χ2v) is 11.4. The van der Waals surface area contributed by atoms with Crippen molar-refractivity contribution < 1.29 is 22.3 Å². The summed E-state index contributed by atoms with van der Waals surface area (Å²) >= 11 is 6.06. The Morgan fingerprint density at radius 2 is 1.94 bits per heavy atom. The maximum Gasteiger partial charge on any atom is 0.280 e. The number of aliphatic hydroxyl groups excluding tert-OH is 1. The van der Waals surface area contributed by atoms with Crippen LogP contribution in [0.5, 0.6) is 0 Å². The molecule has 2 fully saturated rings. The van der Waals surface area contributed by atoms with E-state index in [0.717, 1.165) is 0 Å². The number of alkyl halides is 2. The highest BCUT2D eigenvalue weighted by Crippen LogP contribution is 2.44. The number of nitrogens with zero attached hydrogens (tertiary/aromatic N) is 2. The second kappa shape index (κ2) is 8.79. The zero-order chi connectivity index (χ0) is 23.1. The Morgan fingerprint density at radius 3 is 2.59 bits per heavy atom. The van der Waals surface area contributed by atoms with Crippen molar-refractivity contribution in [3.8, 4) is 0 Å². The van der Waals surface area contributed by atoms with E-state index in [4.69, 9.17) is 11.6 Å². The lowest BCUT2D eigenvalue weighted by atomic mass is 9.85. The summed E-state index contributed by atoms with van der Waals surface area (Å²) in [5.74, 6) is -3.42. The van der Waals surface area contributed by atoms with Gasteiger partial charge in [-0.25, -0.2) is 17.2 Å². The van der Waals surface area contributed by atoms with Crippen molar-refractivity contribution in [3.05, 3.63) is 41.3 Å². The first kappa shape index (κ1) is 23.3. The summed E-state index contributed by atoms with van der Waals surface area (Å²) in [7, 11) is -2.95. The fourth-order valence-corrected chi connectivity index (χ4v) is 6.32. The van der Waals surface area contributed by atoms with E-state index in [1.165, 1.54) is 12.3 Å². The van der Waals surface area contributed by atoms with Crippen LogP contribution in [0.2, 0.25) is 5.02 Å². The van der Waals surface area contributed by atoms with Crippen LogP contribution in [-0.2, 0) is 9.84 Å². The minimum Gasteiger partial charge on any atom is -0.382 e. The second-order valence-electron chi connectivity index (χ2n) is 8.68. The van der Waals surface area contributed by atoms with E-state index < -0.39 is 27.8 Å². The molecule has 0 saturated carbocycles. The van der Waals surface area contributed by atoms with E-state index in [1.807, 2.05) is 4.90 Å². The Kier molecular flexibility index (Phi) is 6.39. The normalized spacial score (nSPS) is 21.6. The largest absolute Gasteiger partial charge is 0.382 e. The molecule has 3 heterocycles. The molecule has 1 unspecified atom stereocenters. The quantitative estimate of drug-likeness (QED) is 0.577. The molecule has 2 saturated heterocycles. The van der Waals surface area contributed by atoms with Crippen LogP contribution in [0.15, 0.2) is 30.7 Å². The lowest BCUT2D eigenvalue weighted by Crippen LogP contribution is -2.47. The first-order valence-corrected chi connectivity index (χ1v) is 12.9. The number of piperidine rings is 1. The summed E-state index contributed by atoms with van der Waals surface area (Å²) in [6.07, 6.45) is 0.890. The van der Waals surface area contributed by atoms with Gasteiger partial charge in [-0.15, -0.1) is 0 Å². The number of H-pyrrole nitrogens is 1. The molecule has 1 aromatic carbocycles. The van der Waals surface area contributed by atoms with Crippen molar-refractivity contribution in [2.24, 2.45) is 5.92 Å². The molecule has 1 atom stereocenters. The minimum absolute atomic E-state index is 0.0201. The summed E-state index contributed by atoms with van der Waals surface area (Å²) < 4.78 is 53.7. The van der Waals surface area contributed by atoms with E-state index in [0.29, 0.717) is 42.7 Å². The van der Waals surface area contributed by atoms with Gasteiger partial charge in [0.2, 0.25) is 0 Å². The minimum atomic E-state index is -3.35. The summed E-state index contributed by atoms with van der Waals surface area (Å²) in [5, 5.41) is 21.2. The molecule has 1 aromatic heterocycles. The number of aromatic amines is 1. The summed E-state index contributed by atoms with van der Waals surface area (Å²) in [6, 6.07) is 2.98. The third-order valence-corrected chi connectivity index (χ3v) is 8.48. The molecule has 32 heavy (non-hydrogen) atoms. The molecule has 2 aliphatic heterocycles. The standard InChI is InChI=1S/C21H27ClF2N4O3S/c1-13(26-17-4-8-32(30,31)9-5-17)28-6-2-15(3-7-28)21(23,24)20(29)18-11-16(22)10-14-12-25-27-19(14)18/h10-12,15,17,20,26,29H,1-9H2,(H,25,27). The molecule has 0 amide bonds. The highest BCUT2D eigenvalue weighted by atomic mass is 35.5. The fourth-order valence-electron chi connectivity index (χ4n) is 4.59. The molecule has 0 bridgehead atoms. The van der Waals surface area contributed by atoms with E-state index >= 15 is 8.78 Å². The van der Waals surface area contributed by atoms with Gasteiger partial charge in [0.25, 0.3) is 5.92 Å². The number of aromatic nitrogens is 2. The topological polar surface area (TPSA) is 98.3 Å². The van der Waals surface area contributed by atoms with Crippen LogP contribution >= 0.6 is 11.6 Å². The third-order valence-electron chi connectivity index (χ3n) is 6.55. The van der Waals surface area contributed by atoms with Gasteiger partial charge in [0, 0.05) is 41.0 Å². The van der Waals surface area contributed by atoms with Crippen molar-refractivity contribution in [1.82, 2.24) is 20.4 Å². The number of hydrogen-bond donors (Lipinski definition) is 3. The van der Waals surface area contributed by atoms with Crippen LogP contribution in [-0.4, -0.2) is 65.2 Å². The van der Waals surface area contributed by atoms with E-state index in [-0.39, 0.29) is 41.0 Å². The molecule has 176 valence electrons. The van der Waals surface area contributed by atoms with Crippen molar-refractivity contribution in [2.45, 2.75) is 43.8 Å². The SMILES string of the molecule is C=C(NC1CCS(=O)(=O)CC1)N1CCC(C(F)(F)C(O)c2cc(Cl)cc3cn[nH]c23)CC1. The molecular formula is C21H27ClF2N4O3S. The van der Waals surface area contributed by atoms with Gasteiger partial charge in [-0.05, 0) is 37.8 Å². The molecule has 3 N–H and O–H groups in total. The molecule has 7 nitrogen and oxygen atoms in total. The molecule has 2 aliphatic rings. The van der Waals surface area contributed by atoms with Gasteiger partial charge < -0.3 is 15.3 Å². The molecule has 4 rings (SSSR count). The van der Waals surface area contributed by atoms with Gasteiger partial charge in [0.05, 0.1) is 29.0 Å². The Balaban J connectivity index is 1.37.